The lowest BCUT2D eigenvalue weighted by molar-refractivity contribution is 0.250. The monoisotopic (exact) mass is 483 g/mol. The number of benzene rings is 3. The van der Waals surface area contributed by atoms with Crippen LogP contribution in [0.2, 0.25) is 0 Å². The molecule has 1 aliphatic heterocycles. The number of nitrogens with one attached hydrogen (secondary N) is 1. The molecule has 188 valence electrons. The molecule has 1 unspecified atom stereocenters. The minimum Gasteiger partial charge on any atom is -0.497 e. The molecule has 2 N–H and O–H groups in total. The maximum Gasteiger partial charge on any atom is 0.118 e. The van der Waals surface area contributed by atoms with E-state index in [4.69, 9.17) is 10.1 Å². The Bertz CT molecular complexity index is 1150. The molecule has 0 radical (unpaired) electrons. The maximum atomic E-state index is 9.56. The van der Waals surface area contributed by atoms with Crippen LogP contribution in [0.1, 0.15) is 42.9 Å². The average molecular weight is 484 g/mol. The van der Waals surface area contributed by atoms with Crippen molar-refractivity contribution in [3.63, 3.8) is 0 Å². The van der Waals surface area contributed by atoms with Crippen molar-refractivity contribution in [2.75, 3.05) is 25.3 Å². The molecule has 1 heterocycles. The molecule has 0 spiro atoms. The Morgan fingerprint density at radius 2 is 1.64 bits per heavy atom. The van der Waals surface area contributed by atoms with Crippen molar-refractivity contribution in [3.05, 3.63) is 107 Å². The van der Waals surface area contributed by atoms with Gasteiger partial charge in [-0.25, -0.2) is 5.01 Å². The summed E-state index contributed by atoms with van der Waals surface area (Å²) < 4.78 is 5.29. The fourth-order valence-corrected chi connectivity index (χ4v) is 4.94. The third-order valence-electron chi connectivity index (χ3n) is 6.87. The standard InChI is InChI=1S/C31H37N3O2/c1-3-9-24(18-19-35)20-26-10-7-8-11-27(26)21-33-22-28(23-34(33)29-12-5-4-6-13-29)31(32)25-14-16-30(36-2)17-15-25/h4-8,10-17,23-24,32,35H,3,9,18-22H2,1-2H3. The second-order valence-corrected chi connectivity index (χ2v) is 9.40. The van der Waals surface area contributed by atoms with Crippen molar-refractivity contribution >= 4 is 11.4 Å². The number of methoxy groups -OCH3 is 1. The topological polar surface area (TPSA) is 59.8 Å². The number of aliphatic hydroxyl groups excluding tert-OH is 1. The summed E-state index contributed by atoms with van der Waals surface area (Å²) in [7, 11) is 1.65. The van der Waals surface area contributed by atoms with Crippen LogP contribution >= 0.6 is 0 Å². The predicted molar refractivity (Wildman–Crippen MR) is 147 cm³/mol. The number of para-hydroxylation sites is 1. The summed E-state index contributed by atoms with van der Waals surface area (Å²) in [5.41, 5.74) is 6.10. The van der Waals surface area contributed by atoms with Gasteiger partial charge in [0.25, 0.3) is 0 Å². The van der Waals surface area contributed by atoms with Crippen molar-refractivity contribution in [2.24, 2.45) is 5.92 Å². The van der Waals surface area contributed by atoms with E-state index in [1.807, 2.05) is 42.5 Å². The number of nitrogens with zero attached hydrogens (tertiary/aromatic N) is 2. The molecule has 4 rings (SSSR count). The van der Waals surface area contributed by atoms with Crippen LogP contribution in [-0.2, 0) is 13.0 Å². The van der Waals surface area contributed by atoms with E-state index in [-0.39, 0.29) is 6.61 Å². The number of hydrazine groups is 1. The van der Waals surface area contributed by atoms with Gasteiger partial charge in [-0.3, -0.25) is 10.4 Å². The Balaban J connectivity index is 1.59. The number of anilines is 1. The zero-order valence-corrected chi connectivity index (χ0v) is 21.4. The Labute approximate surface area is 215 Å². The van der Waals surface area contributed by atoms with Gasteiger partial charge in [-0.1, -0.05) is 62.2 Å². The lowest BCUT2D eigenvalue weighted by Crippen LogP contribution is -2.35. The van der Waals surface area contributed by atoms with Gasteiger partial charge in [0.1, 0.15) is 5.75 Å². The van der Waals surface area contributed by atoms with Gasteiger partial charge >= 0.3 is 0 Å². The van der Waals surface area contributed by atoms with Crippen LogP contribution in [0.3, 0.4) is 0 Å². The third kappa shape index (κ3) is 6.23. The van der Waals surface area contributed by atoms with Crippen LogP contribution in [0.25, 0.3) is 0 Å². The average Bonchev–Trinajstić information content (AvgIpc) is 3.34. The van der Waals surface area contributed by atoms with E-state index in [1.54, 1.807) is 7.11 Å². The Hall–Kier alpha value is -3.41. The number of ether oxygens (including phenoxy) is 1. The molecule has 1 atom stereocenters. The quantitative estimate of drug-likeness (QED) is 0.300. The van der Waals surface area contributed by atoms with E-state index >= 15 is 0 Å². The molecule has 3 aromatic carbocycles. The first-order valence-electron chi connectivity index (χ1n) is 12.8. The zero-order valence-electron chi connectivity index (χ0n) is 21.4. The smallest absolute Gasteiger partial charge is 0.118 e. The molecule has 0 aliphatic carbocycles. The van der Waals surface area contributed by atoms with Crippen LogP contribution in [0, 0.1) is 11.3 Å². The van der Waals surface area contributed by atoms with Gasteiger partial charge < -0.3 is 9.84 Å². The number of aliphatic hydroxyl groups is 1. The molecular formula is C31H37N3O2. The summed E-state index contributed by atoms with van der Waals surface area (Å²) >= 11 is 0. The first-order valence-corrected chi connectivity index (χ1v) is 12.8. The Morgan fingerprint density at radius 3 is 2.31 bits per heavy atom. The van der Waals surface area contributed by atoms with Gasteiger partial charge in [-0.2, -0.15) is 0 Å². The van der Waals surface area contributed by atoms with E-state index < -0.39 is 0 Å². The molecule has 1 aliphatic rings. The highest BCUT2D eigenvalue weighted by Crippen LogP contribution is 2.29. The number of hydrogen-bond acceptors (Lipinski definition) is 5. The Morgan fingerprint density at radius 1 is 0.944 bits per heavy atom. The highest BCUT2D eigenvalue weighted by atomic mass is 16.5. The SMILES string of the molecule is CCCC(CCO)Cc1ccccc1CN1CC(C(=N)c2ccc(OC)cc2)=CN1c1ccccc1. The summed E-state index contributed by atoms with van der Waals surface area (Å²) in [4.78, 5) is 0. The van der Waals surface area contributed by atoms with Crippen LogP contribution in [0.5, 0.6) is 5.75 Å². The van der Waals surface area contributed by atoms with E-state index in [9.17, 15) is 5.11 Å². The van der Waals surface area contributed by atoms with Gasteiger partial charge in [0.15, 0.2) is 0 Å². The first-order chi connectivity index (χ1) is 17.6. The zero-order chi connectivity index (χ0) is 25.3. The van der Waals surface area contributed by atoms with Crippen molar-refractivity contribution in [1.82, 2.24) is 5.01 Å². The van der Waals surface area contributed by atoms with Crippen molar-refractivity contribution in [1.29, 1.82) is 5.41 Å². The highest BCUT2D eigenvalue weighted by molar-refractivity contribution is 6.11. The van der Waals surface area contributed by atoms with E-state index in [1.165, 1.54) is 11.1 Å². The molecule has 0 fully saturated rings. The van der Waals surface area contributed by atoms with Crippen LogP contribution < -0.4 is 9.75 Å². The van der Waals surface area contributed by atoms with Gasteiger partial charge in [0.05, 0.1) is 18.5 Å². The lowest BCUT2D eigenvalue weighted by atomic mass is 9.90. The molecule has 0 saturated carbocycles. The molecule has 0 aromatic heterocycles. The van der Waals surface area contributed by atoms with Crippen LogP contribution in [0.4, 0.5) is 5.69 Å². The highest BCUT2D eigenvalue weighted by Gasteiger charge is 2.27. The van der Waals surface area contributed by atoms with Gasteiger partial charge in [0, 0.05) is 37.0 Å². The fourth-order valence-electron chi connectivity index (χ4n) is 4.94. The van der Waals surface area contributed by atoms with Crippen LogP contribution in [-0.4, -0.2) is 36.1 Å². The molecule has 3 aromatic rings. The Kier molecular flexibility index (Phi) is 8.93. The predicted octanol–water partition coefficient (Wildman–Crippen LogP) is 6.23. The minimum absolute atomic E-state index is 0.238. The van der Waals surface area contributed by atoms with Gasteiger partial charge in [0.2, 0.25) is 0 Å². The van der Waals surface area contributed by atoms with Crippen molar-refractivity contribution in [2.45, 2.75) is 39.2 Å². The van der Waals surface area contributed by atoms with E-state index in [0.29, 0.717) is 18.2 Å². The molecule has 36 heavy (non-hydrogen) atoms. The molecule has 5 nitrogen and oxygen atoms in total. The largest absolute Gasteiger partial charge is 0.497 e. The van der Waals surface area contributed by atoms with Gasteiger partial charge in [-0.15, -0.1) is 0 Å². The normalized spacial score (nSPS) is 14.5. The van der Waals surface area contributed by atoms with Crippen LogP contribution in [0.15, 0.2) is 90.6 Å². The molecule has 0 amide bonds. The summed E-state index contributed by atoms with van der Waals surface area (Å²) in [6.07, 6.45) is 6.16. The second kappa shape index (κ2) is 12.5. The van der Waals surface area contributed by atoms with Gasteiger partial charge in [-0.05, 0) is 66.3 Å². The lowest BCUT2D eigenvalue weighted by Gasteiger charge is -2.30. The van der Waals surface area contributed by atoms with E-state index in [2.05, 4.69) is 59.5 Å². The molecule has 0 bridgehead atoms. The summed E-state index contributed by atoms with van der Waals surface area (Å²) in [5.74, 6) is 1.28. The maximum absolute atomic E-state index is 9.56. The van der Waals surface area contributed by atoms with E-state index in [0.717, 1.165) is 54.8 Å². The number of rotatable bonds is 12. The number of hydrogen-bond donors (Lipinski definition) is 2. The minimum atomic E-state index is 0.238. The molecular weight excluding hydrogens is 446 g/mol. The third-order valence-corrected chi connectivity index (χ3v) is 6.87. The second-order valence-electron chi connectivity index (χ2n) is 9.40. The molecule has 0 saturated heterocycles. The molecule has 5 heteroatoms. The van der Waals surface area contributed by atoms with Crippen molar-refractivity contribution < 1.29 is 9.84 Å². The van der Waals surface area contributed by atoms with Crippen molar-refractivity contribution in [3.8, 4) is 5.75 Å². The fraction of sp³-hybridized carbons (Fsp3) is 0.323. The summed E-state index contributed by atoms with van der Waals surface area (Å²) in [6.45, 7) is 3.85. The summed E-state index contributed by atoms with van der Waals surface area (Å²) in [5, 5.41) is 23.0. The summed E-state index contributed by atoms with van der Waals surface area (Å²) in [6, 6.07) is 26.7. The first kappa shape index (κ1) is 25.7.